The van der Waals surface area contributed by atoms with E-state index in [1.807, 2.05) is 6.92 Å². The summed E-state index contributed by atoms with van der Waals surface area (Å²) in [4.78, 5) is 11.6. The van der Waals surface area contributed by atoms with Crippen molar-refractivity contribution < 1.29 is 23.1 Å². The third kappa shape index (κ3) is 3.18. The first kappa shape index (κ1) is 14.4. The fourth-order valence-corrected chi connectivity index (χ4v) is 3.09. The number of ether oxygens (including phenoxy) is 1. The Hall–Kier alpha value is -0.640. The molecular formula is C11H19O5P. The topological polar surface area (TPSA) is 61.8 Å². The van der Waals surface area contributed by atoms with E-state index in [1.54, 1.807) is 26.8 Å². The summed E-state index contributed by atoms with van der Waals surface area (Å²) in [5, 5.41) is 0. The summed E-state index contributed by atoms with van der Waals surface area (Å²) in [5.41, 5.74) is 0.0248. The zero-order chi connectivity index (χ0) is 13.1. The predicted molar refractivity (Wildman–Crippen MR) is 63.4 cm³/mol. The van der Waals surface area contributed by atoms with Crippen molar-refractivity contribution in [1.82, 2.24) is 0 Å². The maximum atomic E-state index is 12.4. The Kier molecular flexibility index (Phi) is 4.92. The molecule has 0 unspecified atom stereocenters. The molecule has 0 aromatic heterocycles. The molecule has 1 rings (SSSR count). The summed E-state index contributed by atoms with van der Waals surface area (Å²) >= 11 is 0. The van der Waals surface area contributed by atoms with E-state index in [4.69, 9.17) is 13.8 Å². The molecule has 2 atom stereocenters. The van der Waals surface area contributed by atoms with Gasteiger partial charge in [0.25, 0.3) is 0 Å². The first-order valence-electron chi connectivity index (χ1n) is 5.77. The molecule has 1 heterocycles. The number of carbonyl (C=O) groups is 1. The van der Waals surface area contributed by atoms with Gasteiger partial charge in [-0.15, -0.1) is 0 Å². The summed E-state index contributed by atoms with van der Waals surface area (Å²) in [7, 11) is -3.48. The van der Waals surface area contributed by atoms with Crippen molar-refractivity contribution in [3.63, 3.8) is 0 Å². The van der Waals surface area contributed by atoms with Gasteiger partial charge >= 0.3 is 13.6 Å². The Labute approximate surface area is 102 Å². The van der Waals surface area contributed by atoms with Crippen molar-refractivity contribution in [2.45, 2.75) is 27.7 Å². The van der Waals surface area contributed by atoms with Crippen LogP contribution in [0.3, 0.4) is 0 Å². The van der Waals surface area contributed by atoms with Gasteiger partial charge in [0.1, 0.15) is 0 Å². The van der Waals surface area contributed by atoms with Gasteiger partial charge in [-0.2, -0.15) is 0 Å². The molecule has 0 N–H and O–H groups in total. The molecule has 17 heavy (non-hydrogen) atoms. The first-order chi connectivity index (χ1) is 7.94. The van der Waals surface area contributed by atoms with Gasteiger partial charge in [-0.05, 0) is 25.8 Å². The second-order valence-corrected chi connectivity index (χ2v) is 5.86. The Morgan fingerprint density at radius 1 is 1.29 bits per heavy atom. The first-order valence-corrected chi connectivity index (χ1v) is 7.32. The summed E-state index contributed by atoms with van der Waals surface area (Å²) in [6.45, 7) is 7.53. The molecule has 0 amide bonds. The van der Waals surface area contributed by atoms with Crippen LogP contribution in [0.5, 0.6) is 0 Å². The molecule has 0 spiro atoms. The van der Waals surface area contributed by atoms with E-state index in [-0.39, 0.29) is 30.5 Å². The van der Waals surface area contributed by atoms with Crippen LogP contribution in [0, 0.1) is 11.8 Å². The van der Waals surface area contributed by atoms with E-state index >= 15 is 0 Å². The molecule has 5 nitrogen and oxygen atoms in total. The highest BCUT2D eigenvalue weighted by Gasteiger charge is 2.39. The summed E-state index contributed by atoms with van der Waals surface area (Å²) in [5.74, 6) is -0.675. The molecule has 0 bridgehead atoms. The van der Waals surface area contributed by atoms with E-state index in [0.717, 1.165) is 0 Å². The fraction of sp³-hybridized carbons (Fsp3) is 0.727. The minimum atomic E-state index is -3.48. The van der Waals surface area contributed by atoms with Gasteiger partial charge in [0, 0.05) is 0 Å². The lowest BCUT2D eigenvalue weighted by molar-refractivity contribution is -0.145. The second kappa shape index (κ2) is 5.80. The van der Waals surface area contributed by atoms with Gasteiger partial charge in [-0.1, -0.05) is 13.8 Å². The predicted octanol–water partition coefficient (Wildman–Crippen LogP) is 2.92. The van der Waals surface area contributed by atoms with Crippen molar-refractivity contribution in [3.8, 4) is 0 Å². The molecule has 0 aliphatic carbocycles. The number of carbonyl (C=O) groups excluding carboxylic acids is 1. The Bertz CT molecular complexity index is 353. The standard InChI is InChI=1S/C11H19O5P/c1-5-14-17(13,15-6-2)10-7-8(3)9(4)11(12)16-10/h7-9H,5-6H2,1-4H3/t8-,9+/m0/s1. The molecule has 0 aromatic rings. The number of rotatable bonds is 5. The second-order valence-electron chi connectivity index (χ2n) is 3.91. The number of hydrogen-bond donors (Lipinski definition) is 0. The summed E-state index contributed by atoms with van der Waals surface area (Å²) < 4.78 is 27.7. The van der Waals surface area contributed by atoms with Crippen molar-refractivity contribution in [1.29, 1.82) is 0 Å². The highest BCUT2D eigenvalue weighted by atomic mass is 31.2. The van der Waals surface area contributed by atoms with Crippen LogP contribution in [0.4, 0.5) is 0 Å². The smallest absolute Gasteiger partial charge is 0.396 e. The van der Waals surface area contributed by atoms with E-state index in [1.165, 1.54) is 0 Å². The van der Waals surface area contributed by atoms with E-state index in [2.05, 4.69) is 0 Å². The molecule has 0 saturated heterocycles. The normalized spacial score (nSPS) is 25.4. The lowest BCUT2D eigenvalue weighted by Crippen LogP contribution is -2.25. The van der Waals surface area contributed by atoms with Crippen LogP contribution in [0.1, 0.15) is 27.7 Å². The molecule has 0 radical (unpaired) electrons. The van der Waals surface area contributed by atoms with Crippen molar-refractivity contribution in [3.05, 3.63) is 11.6 Å². The summed E-state index contributed by atoms with van der Waals surface area (Å²) in [6, 6.07) is 0. The average Bonchev–Trinajstić information content (AvgIpc) is 2.26. The molecule has 98 valence electrons. The zero-order valence-corrected chi connectivity index (χ0v) is 11.5. The van der Waals surface area contributed by atoms with E-state index in [0.29, 0.717) is 0 Å². The molecule has 0 aromatic carbocycles. The van der Waals surface area contributed by atoms with Gasteiger partial charge in [0.05, 0.1) is 19.1 Å². The molecule has 6 heteroatoms. The lowest BCUT2D eigenvalue weighted by atomic mass is 9.95. The highest BCUT2D eigenvalue weighted by Crippen LogP contribution is 2.58. The maximum absolute atomic E-state index is 12.4. The zero-order valence-electron chi connectivity index (χ0n) is 10.6. The van der Waals surface area contributed by atoms with Crippen molar-refractivity contribution in [2.24, 2.45) is 11.8 Å². The quantitative estimate of drug-likeness (QED) is 0.563. The SMILES string of the molecule is CCOP(=O)(OCC)C1=C[C@H](C)[C@@H](C)C(=O)O1. The van der Waals surface area contributed by atoms with Gasteiger partial charge < -0.3 is 13.8 Å². The molecule has 1 aliphatic heterocycles. The van der Waals surface area contributed by atoms with Crippen LogP contribution in [-0.4, -0.2) is 19.2 Å². The highest BCUT2D eigenvalue weighted by molar-refractivity contribution is 7.58. The van der Waals surface area contributed by atoms with Crippen LogP contribution in [-0.2, 0) is 23.1 Å². The number of hydrogen-bond acceptors (Lipinski definition) is 5. The number of allylic oxidation sites excluding steroid dienone is 1. The van der Waals surface area contributed by atoms with Crippen LogP contribution >= 0.6 is 7.60 Å². The van der Waals surface area contributed by atoms with Crippen LogP contribution in [0.2, 0.25) is 0 Å². The number of esters is 1. The molecule has 1 aliphatic rings. The third-order valence-electron chi connectivity index (χ3n) is 2.64. The maximum Gasteiger partial charge on any atom is 0.396 e. The van der Waals surface area contributed by atoms with Crippen LogP contribution in [0.15, 0.2) is 11.6 Å². The van der Waals surface area contributed by atoms with Gasteiger partial charge in [-0.3, -0.25) is 9.36 Å². The van der Waals surface area contributed by atoms with Crippen molar-refractivity contribution in [2.75, 3.05) is 13.2 Å². The summed E-state index contributed by atoms with van der Waals surface area (Å²) in [6.07, 6.45) is 1.65. The van der Waals surface area contributed by atoms with Crippen LogP contribution in [0.25, 0.3) is 0 Å². The molecule has 0 fully saturated rings. The van der Waals surface area contributed by atoms with Crippen molar-refractivity contribution >= 4 is 13.6 Å². The Morgan fingerprint density at radius 3 is 2.24 bits per heavy atom. The third-order valence-corrected chi connectivity index (χ3v) is 4.62. The molecular weight excluding hydrogens is 243 g/mol. The largest absolute Gasteiger partial charge is 0.418 e. The van der Waals surface area contributed by atoms with Crippen LogP contribution < -0.4 is 0 Å². The van der Waals surface area contributed by atoms with Gasteiger partial charge in [-0.25, -0.2) is 0 Å². The Morgan fingerprint density at radius 2 is 1.82 bits per heavy atom. The van der Waals surface area contributed by atoms with E-state index in [9.17, 15) is 9.36 Å². The minimum Gasteiger partial charge on any atom is -0.418 e. The van der Waals surface area contributed by atoms with Gasteiger partial charge in [0.15, 0.2) is 0 Å². The van der Waals surface area contributed by atoms with E-state index < -0.39 is 13.6 Å². The molecule has 0 saturated carbocycles. The average molecular weight is 262 g/mol. The minimum absolute atomic E-state index is 0.0248. The number of cyclic esters (lactones) is 1. The Balaban J connectivity index is 3.00. The van der Waals surface area contributed by atoms with Gasteiger partial charge in [0.2, 0.25) is 5.50 Å². The fourth-order valence-electron chi connectivity index (χ4n) is 1.47. The monoisotopic (exact) mass is 262 g/mol. The lowest BCUT2D eigenvalue weighted by Gasteiger charge is -2.26.